The molecule has 1 rings (SSSR count). The maximum Gasteiger partial charge on any atom is 0.293 e. The van der Waals surface area contributed by atoms with Gasteiger partial charge in [-0.05, 0) is 28.8 Å². The van der Waals surface area contributed by atoms with Gasteiger partial charge < -0.3 is 10.1 Å². The van der Waals surface area contributed by atoms with Crippen molar-refractivity contribution in [2.75, 3.05) is 18.5 Å². The normalized spacial score (nSPS) is 12.5. The first-order valence-electron chi connectivity index (χ1n) is 6.34. The predicted molar refractivity (Wildman–Crippen MR) is 79.5 cm³/mol. The van der Waals surface area contributed by atoms with Gasteiger partial charge in [0.25, 0.3) is 5.69 Å². The maximum absolute atomic E-state index is 13.6. The van der Waals surface area contributed by atoms with Crippen LogP contribution in [0.15, 0.2) is 16.6 Å². The number of nitro groups is 1. The van der Waals surface area contributed by atoms with Crippen LogP contribution in [0.3, 0.4) is 0 Å². The van der Waals surface area contributed by atoms with Crippen LogP contribution in [-0.2, 0) is 4.74 Å². The molecule has 1 aromatic rings. The number of nitrogens with one attached hydrogen (secondary N) is 1. The van der Waals surface area contributed by atoms with Gasteiger partial charge >= 0.3 is 0 Å². The van der Waals surface area contributed by atoms with E-state index in [1.165, 1.54) is 0 Å². The highest BCUT2D eigenvalue weighted by Crippen LogP contribution is 2.31. The molecule has 0 aliphatic rings. The van der Waals surface area contributed by atoms with Gasteiger partial charge in [-0.25, -0.2) is 4.39 Å². The van der Waals surface area contributed by atoms with Gasteiger partial charge in [0.05, 0.1) is 22.0 Å². The van der Waals surface area contributed by atoms with Crippen molar-refractivity contribution in [3.63, 3.8) is 0 Å². The number of ether oxygens (including phenoxy) is 1. The number of halogens is 2. The summed E-state index contributed by atoms with van der Waals surface area (Å²) in [4.78, 5) is 10.5. The lowest BCUT2D eigenvalue weighted by Crippen LogP contribution is -2.31. The second-order valence-corrected chi connectivity index (χ2v) is 5.55. The molecule has 0 aliphatic carbocycles. The fourth-order valence-corrected chi connectivity index (χ4v) is 1.98. The topological polar surface area (TPSA) is 64.4 Å². The Morgan fingerprint density at radius 1 is 1.50 bits per heavy atom. The first kappa shape index (κ1) is 16.8. The summed E-state index contributed by atoms with van der Waals surface area (Å²) in [5, 5.41) is 14.0. The Morgan fingerprint density at radius 3 is 2.65 bits per heavy atom. The molecule has 0 saturated carbocycles. The summed E-state index contributed by atoms with van der Waals surface area (Å²) in [5.41, 5.74) is -0.00507. The number of hydrogen-bond donors (Lipinski definition) is 1. The molecule has 0 heterocycles. The van der Waals surface area contributed by atoms with Crippen LogP contribution in [0.2, 0.25) is 0 Å². The fraction of sp³-hybridized carbons (Fsp3) is 0.538. The van der Waals surface area contributed by atoms with E-state index in [1.807, 2.05) is 20.8 Å². The van der Waals surface area contributed by atoms with E-state index >= 15 is 0 Å². The molecule has 5 nitrogen and oxygen atoms in total. The predicted octanol–water partition coefficient (Wildman–Crippen LogP) is 3.97. The van der Waals surface area contributed by atoms with Crippen molar-refractivity contribution in [3.8, 4) is 0 Å². The molecule has 1 aromatic carbocycles. The molecule has 1 N–H and O–H groups in total. The molecule has 0 radical (unpaired) electrons. The highest BCUT2D eigenvalue weighted by Gasteiger charge is 2.21. The third-order valence-corrected chi connectivity index (χ3v) is 3.49. The summed E-state index contributed by atoms with van der Waals surface area (Å²) in [6, 6.07) is 2.16. The number of nitro benzene ring substituents is 1. The van der Waals surface area contributed by atoms with Crippen LogP contribution in [0, 0.1) is 21.8 Å². The minimum absolute atomic E-state index is 0.0701. The smallest absolute Gasteiger partial charge is 0.293 e. The molecule has 0 bridgehead atoms. The number of benzene rings is 1. The van der Waals surface area contributed by atoms with E-state index in [2.05, 4.69) is 21.2 Å². The summed E-state index contributed by atoms with van der Waals surface area (Å²) in [7, 11) is 0. The van der Waals surface area contributed by atoms with Gasteiger partial charge in [0.2, 0.25) is 0 Å². The molecule has 0 fully saturated rings. The van der Waals surface area contributed by atoms with Gasteiger partial charge in [-0.2, -0.15) is 0 Å². The third kappa shape index (κ3) is 4.42. The molecule has 0 aromatic heterocycles. The maximum atomic E-state index is 13.6. The van der Waals surface area contributed by atoms with E-state index in [0.29, 0.717) is 13.2 Å². The molecule has 20 heavy (non-hydrogen) atoms. The largest absolute Gasteiger partial charge is 0.380 e. The summed E-state index contributed by atoms with van der Waals surface area (Å²) in [6.07, 6.45) is 0. The van der Waals surface area contributed by atoms with Gasteiger partial charge in [0, 0.05) is 18.7 Å². The van der Waals surface area contributed by atoms with Crippen LogP contribution in [-0.4, -0.2) is 24.2 Å². The molecule has 1 atom stereocenters. The van der Waals surface area contributed by atoms with E-state index in [9.17, 15) is 14.5 Å². The Balaban J connectivity index is 3.04. The zero-order valence-corrected chi connectivity index (χ0v) is 13.2. The van der Waals surface area contributed by atoms with Crippen molar-refractivity contribution in [1.82, 2.24) is 0 Å². The van der Waals surface area contributed by atoms with Crippen LogP contribution in [0.25, 0.3) is 0 Å². The first-order valence-corrected chi connectivity index (χ1v) is 7.13. The highest BCUT2D eigenvalue weighted by molar-refractivity contribution is 9.10. The second-order valence-electron chi connectivity index (χ2n) is 4.69. The molecule has 0 spiro atoms. The zero-order chi connectivity index (χ0) is 15.3. The Labute approximate surface area is 125 Å². The molecule has 0 aliphatic heterocycles. The van der Waals surface area contributed by atoms with E-state index in [4.69, 9.17) is 4.74 Å². The number of anilines is 1. The van der Waals surface area contributed by atoms with E-state index in [1.54, 1.807) is 0 Å². The van der Waals surface area contributed by atoms with Crippen molar-refractivity contribution in [2.24, 2.45) is 5.92 Å². The second kappa shape index (κ2) is 7.54. The Morgan fingerprint density at radius 2 is 2.15 bits per heavy atom. The minimum Gasteiger partial charge on any atom is -0.380 e. The van der Waals surface area contributed by atoms with Gasteiger partial charge in [-0.3, -0.25) is 10.1 Å². The van der Waals surface area contributed by atoms with Crippen molar-refractivity contribution in [3.05, 3.63) is 32.5 Å². The molecular formula is C13H18BrFN2O3. The quantitative estimate of drug-likeness (QED) is 0.598. The molecule has 7 heteroatoms. The average molecular weight is 349 g/mol. The van der Waals surface area contributed by atoms with Gasteiger partial charge in [0.1, 0.15) is 11.5 Å². The van der Waals surface area contributed by atoms with Crippen molar-refractivity contribution in [2.45, 2.75) is 26.8 Å². The van der Waals surface area contributed by atoms with Crippen molar-refractivity contribution in [1.29, 1.82) is 0 Å². The average Bonchev–Trinajstić information content (AvgIpc) is 2.37. The zero-order valence-electron chi connectivity index (χ0n) is 11.7. The van der Waals surface area contributed by atoms with Crippen LogP contribution >= 0.6 is 15.9 Å². The van der Waals surface area contributed by atoms with Gasteiger partial charge in [-0.15, -0.1) is 0 Å². The molecule has 112 valence electrons. The molecule has 1 unspecified atom stereocenters. The van der Waals surface area contributed by atoms with E-state index < -0.39 is 10.7 Å². The lowest BCUT2D eigenvalue weighted by atomic mass is 10.0. The third-order valence-electron chi connectivity index (χ3n) is 2.88. The van der Waals surface area contributed by atoms with Crippen LogP contribution in [0.5, 0.6) is 0 Å². The van der Waals surface area contributed by atoms with Crippen LogP contribution < -0.4 is 5.32 Å². The Hall–Kier alpha value is -1.21. The highest BCUT2D eigenvalue weighted by atomic mass is 79.9. The molecule has 0 saturated heterocycles. The Bertz CT molecular complexity index is 483. The summed E-state index contributed by atoms with van der Waals surface area (Å²) >= 11 is 2.95. The standard InChI is InChI=1S/C13H18BrFN2O3/c1-4-20-7-12(8(2)3)16-11-6-10(15)9(14)5-13(11)17(18)19/h5-6,8,12,16H,4,7H2,1-3H3. The monoisotopic (exact) mass is 348 g/mol. The number of nitrogens with zero attached hydrogens (tertiary/aromatic N) is 1. The van der Waals surface area contributed by atoms with Crippen LogP contribution in [0.4, 0.5) is 15.8 Å². The van der Waals surface area contributed by atoms with Crippen molar-refractivity contribution >= 4 is 27.3 Å². The first-order chi connectivity index (χ1) is 9.36. The molecule has 0 amide bonds. The summed E-state index contributed by atoms with van der Waals surface area (Å²) in [5.74, 6) is -0.357. The lowest BCUT2D eigenvalue weighted by Gasteiger charge is -2.23. The van der Waals surface area contributed by atoms with Crippen molar-refractivity contribution < 1.29 is 14.1 Å². The van der Waals surface area contributed by atoms with E-state index in [0.717, 1.165) is 12.1 Å². The SMILES string of the molecule is CCOCC(Nc1cc(F)c(Br)cc1[N+](=O)[O-])C(C)C. The molecular weight excluding hydrogens is 331 g/mol. The summed E-state index contributed by atoms with van der Waals surface area (Å²) < 4.78 is 19.0. The van der Waals surface area contributed by atoms with Crippen LogP contribution in [0.1, 0.15) is 20.8 Å². The fourth-order valence-electron chi connectivity index (χ4n) is 1.65. The number of hydrogen-bond acceptors (Lipinski definition) is 4. The van der Waals surface area contributed by atoms with E-state index in [-0.39, 0.29) is 27.8 Å². The minimum atomic E-state index is -0.544. The van der Waals surface area contributed by atoms with Gasteiger partial charge in [0.15, 0.2) is 0 Å². The van der Waals surface area contributed by atoms with Gasteiger partial charge in [-0.1, -0.05) is 13.8 Å². The Kier molecular flexibility index (Phi) is 6.35. The summed E-state index contributed by atoms with van der Waals surface area (Å²) in [6.45, 7) is 6.78. The lowest BCUT2D eigenvalue weighted by molar-refractivity contribution is -0.384. The number of rotatable bonds is 7.